The highest BCUT2D eigenvalue weighted by Gasteiger charge is 2.09. The topological polar surface area (TPSA) is 44.8 Å². The van der Waals surface area contributed by atoms with E-state index in [2.05, 4.69) is 13.8 Å². The van der Waals surface area contributed by atoms with E-state index in [0.29, 0.717) is 24.5 Å². The third-order valence-electron chi connectivity index (χ3n) is 4.41. The van der Waals surface area contributed by atoms with E-state index in [4.69, 9.17) is 14.2 Å². The van der Waals surface area contributed by atoms with Crippen molar-refractivity contribution in [2.24, 2.45) is 0 Å². The Labute approximate surface area is 168 Å². The van der Waals surface area contributed by atoms with Crippen molar-refractivity contribution in [3.8, 4) is 17.2 Å². The Morgan fingerprint density at radius 1 is 0.643 bits per heavy atom. The second-order valence-electron chi connectivity index (χ2n) is 6.85. The van der Waals surface area contributed by atoms with Crippen molar-refractivity contribution >= 4 is 5.97 Å². The van der Waals surface area contributed by atoms with Crippen molar-refractivity contribution < 1.29 is 19.0 Å². The molecule has 0 N–H and O–H groups in total. The van der Waals surface area contributed by atoms with Gasteiger partial charge in [0.2, 0.25) is 0 Å². The van der Waals surface area contributed by atoms with E-state index in [1.807, 2.05) is 24.3 Å². The van der Waals surface area contributed by atoms with Gasteiger partial charge in [-0.15, -0.1) is 0 Å². The van der Waals surface area contributed by atoms with Gasteiger partial charge in [-0.05, 0) is 61.4 Å². The zero-order valence-corrected chi connectivity index (χ0v) is 17.1. The molecule has 0 heterocycles. The molecule has 0 radical (unpaired) electrons. The largest absolute Gasteiger partial charge is 0.494 e. The van der Waals surface area contributed by atoms with Crippen LogP contribution in [0.15, 0.2) is 48.5 Å². The maximum absolute atomic E-state index is 12.3. The Morgan fingerprint density at radius 3 is 1.75 bits per heavy atom. The van der Waals surface area contributed by atoms with Gasteiger partial charge in [0.05, 0.1) is 18.8 Å². The minimum absolute atomic E-state index is 0.384. The normalized spacial score (nSPS) is 10.5. The first-order valence-electron chi connectivity index (χ1n) is 10.4. The summed E-state index contributed by atoms with van der Waals surface area (Å²) in [6.45, 7) is 5.74. The average Bonchev–Trinajstić information content (AvgIpc) is 2.72. The van der Waals surface area contributed by atoms with Crippen molar-refractivity contribution in [2.45, 2.75) is 58.8 Å². The number of hydrogen-bond acceptors (Lipinski definition) is 4. The summed E-state index contributed by atoms with van der Waals surface area (Å²) in [4.78, 5) is 12.3. The predicted molar refractivity (Wildman–Crippen MR) is 112 cm³/mol. The summed E-state index contributed by atoms with van der Waals surface area (Å²) >= 11 is 0. The molecule has 0 bridgehead atoms. The lowest BCUT2D eigenvalue weighted by molar-refractivity contribution is 0.0734. The third kappa shape index (κ3) is 8.03. The molecule has 0 aromatic heterocycles. The van der Waals surface area contributed by atoms with E-state index in [-0.39, 0.29) is 5.97 Å². The van der Waals surface area contributed by atoms with Crippen LogP contribution in [0.1, 0.15) is 69.2 Å². The van der Waals surface area contributed by atoms with Crippen molar-refractivity contribution in [3.05, 3.63) is 54.1 Å². The van der Waals surface area contributed by atoms with E-state index < -0.39 is 0 Å². The Morgan fingerprint density at radius 2 is 1.14 bits per heavy atom. The zero-order valence-electron chi connectivity index (χ0n) is 17.1. The third-order valence-corrected chi connectivity index (χ3v) is 4.41. The van der Waals surface area contributed by atoms with Gasteiger partial charge in [-0.3, -0.25) is 0 Å². The van der Waals surface area contributed by atoms with Crippen molar-refractivity contribution in [1.82, 2.24) is 0 Å². The van der Waals surface area contributed by atoms with Crippen LogP contribution < -0.4 is 14.2 Å². The fourth-order valence-corrected chi connectivity index (χ4v) is 2.69. The van der Waals surface area contributed by atoms with Crippen LogP contribution in [-0.2, 0) is 0 Å². The first-order valence-corrected chi connectivity index (χ1v) is 10.4. The van der Waals surface area contributed by atoms with Crippen LogP contribution in [0, 0.1) is 0 Å². The summed E-state index contributed by atoms with van der Waals surface area (Å²) in [7, 11) is 0. The van der Waals surface area contributed by atoms with Crippen molar-refractivity contribution in [3.63, 3.8) is 0 Å². The number of hydrogen-bond donors (Lipinski definition) is 0. The summed E-state index contributed by atoms with van der Waals surface area (Å²) in [5.74, 6) is 1.68. The number of ether oxygens (including phenoxy) is 3. The molecule has 0 aliphatic rings. The van der Waals surface area contributed by atoms with Crippen LogP contribution in [0.4, 0.5) is 0 Å². The molecule has 0 atom stereocenters. The first-order chi connectivity index (χ1) is 13.7. The maximum atomic E-state index is 12.3. The molecule has 2 aromatic carbocycles. The number of benzene rings is 2. The van der Waals surface area contributed by atoms with Gasteiger partial charge in [-0.25, -0.2) is 4.79 Å². The average molecular weight is 385 g/mol. The van der Waals surface area contributed by atoms with Crippen molar-refractivity contribution in [2.75, 3.05) is 13.2 Å². The highest BCUT2D eigenvalue weighted by Crippen LogP contribution is 2.20. The SMILES string of the molecule is CCCCCCCOc1ccc(C(=O)Oc2ccc(OCCCC)cc2)cc1. The Hall–Kier alpha value is -2.49. The van der Waals surface area contributed by atoms with E-state index in [1.165, 1.54) is 25.7 Å². The Balaban J connectivity index is 1.76. The second kappa shape index (κ2) is 12.8. The molecule has 2 aromatic rings. The molecule has 0 saturated heterocycles. The van der Waals surface area contributed by atoms with Gasteiger partial charge in [-0.2, -0.15) is 0 Å². The number of carbonyl (C=O) groups is 1. The van der Waals surface area contributed by atoms with Gasteiger partial charge in [0.1, 0.15) is 17.2 Å². The number of esters is 1. The Kier molecular flexibility index (Phi) is 9.98. The molecule has 4 nitrogen and oxygen atoms in total. The molecule has 0 unspecified atom stereocenters. The molecule has 2 rings (SSSR count). The standard InChI is InChI=1S/C24H32O4/c1-3-5-7-8-9-19-27-21-12-10-20(11-13-21)24(25)28-23-16-14-22(15-17-23)26-18-6-4-2/h10-17H,3-9,18-19H2,1-2H3. The van der Waals surface area contributed by atoms with Gasteiger partial charge in [0.15, 0.2) is 0 Å². The maximum Gasteiger partial charge on any atom is 0.343 e. The monoisotopic (exact) mass is 384 g/mol. The zero-order chi connectivity index (χ0) is 20.0. The lowest BCUT2D eigenvalue weighted by Crippen LogP contribution is -2.08. The molecule has 0 amide bonds. The second-order valence-corrected chi connectivity index (χ2v) is 6.85. The quantitative estimate of drug-likeness (QED) is 0.227. The number of carbonyl (C=O) groups excluding carboxylic acids is 1. The lowest BCUT2D eigenvalue weighted by Gasteiger charge is -2.09. The summed E-state index contributed by atoms with van der Waals surface area (Å²) in [6, 6.07) is 14.2. The van der Waals surface area contributed by atoms with Gasteiger partial charge < -0.3 is 14.2 Å². The smallest absolute Gasteiger partial charge is 0.343 e. The predicted octanol–water partition coefficient (Wildman–Crippen LogP) is 6.43. The van der Waals surface area contributed by atoms with Crippen LogP contribution in [-0.4, -0.2) is 19.2 Å². The number of rotatable bonds is 13. The lowest BCUT2D eigenvalue weighted by atomic mass is 10.2. The van der Waals surface area contributed by atoms with Crippen molar-refractivity contribution in [1.29, 1.82) is 0 Å². The summed E-state index contributed by atoms with van der Waals surface area (Å²) < 4.78 is 16.8. The molecule has 0 aliphatic heterocycles. The summed E-state index contributed by atoms with van der Waals surface area (Å²) in [5, 5.41) is 0. The molecule has 0 aliphatic carbocycles. The highest BCUT2D eigenvalue weighted by molar-refractivity contribution is 5.91. The molecule has 0 fully saturated rings. The van der Waals surface area contributed by atoms with E-state index in [1.54, 1.807) is 24.3 Å². The minimum Gasteiger partial charge on any atom is -0.494 e. The van der Waals surface area contributed by atoms with Gasteiger partial charge in [-0.1, -0.05) is 46.0 Å². The summed E-state index contributed by atoms with van der Waals surface area (Å²) in [6.07, 6.45) is 8.16. The van der Waals surface area contributed by atoms with E-state index in [9.17, 15) is 4.79 Å². The molecule has 28 heavy (non-hydrogen) atoms. The molecular formula is C24H32O4. The first kappa shape index (κ1) is 21.8. The molecular weight excluding hydrogens is 352 g/mol. The van der Waals surface area contributed by atoms with Crippen LogP contribution in [0.2, 0.25) is 0 Å². The molecule has 0 spiro atoms. The van der Waals surface area contributed by atoms with Crippen LogP contribution in [0.25, 0.3) is 0 Å². The fourth-order valence-electron chi connectivity index (χ4n) is 2.69. The molecule has 0 saturated carbocycles. The van der Waals surface area contributed by atoms with Gasteiger partial charge in [0, 0.05) is 0 Å². The van der Waals surface area contributed by atoms with Crippen LogP contribution >= 0.6 is 0 Å². The van der Waals surface area contributed by atoms with Gasteiger partial charge in [0.25, 0.3) is 0 Å². The minimum atomic E-state index is -0.384. The van der Waals surface area contributed by atoms with E-state index in [0.717, 1.165) is 30.8 Å². The molecule has 4 heteroatoms. The van der Waals surface area contributed by atoms with Crippen LogP contribution in [0.5, 0.6) is 17.2 Å². The molecule has 152 valence electrons. The summed E-state index contributed by atoms with van der Waals surface area (Å²) in [5.41, 5.74) is 0.499. The van der Waals surface area contributed by atoms with E-state index >= 15 is 0 Å². The van der Waals surface area contributed by atoms with Crippen LogP contribution in [0.3, 0.4) is 0 Å². The Bertz CT molecular complexity index is 677. The number of unbranched alkanes of at least 4 members (excludes halogenated alkanes) is 5. The van der Waals surface area contributed by atoms with Gasteiger partial charge >= 0.3 is 5.97 Å². The highest BCUT2D eigenvalue weighted by atomic mass is 16.5. The fraction of sp³-hybridized carbons (Fsp3) is 0.458.